The molecule has 0 aliphatic rings. The molecule has 0 aromatic carbocycles. The first-order valence-electron chi connectivity index (χ1n) is 5.71. The quantitative estimate of drug-likeness (QED) is 0.299. The van der Waals surface area contributed by atoms with Crippen LogP contribution in [0.15, 0.2) is 12.2 Å². The molecule has 2 nitrogen and oxygen atoms in total. The molecule has 0 aliphatic carbocycles. The van der Waals surface area contributed by atoms with Gasteiger partial charge in [-0.1, -0.05) is 31.9 Å². The zero-order valence-electron chi connectivity index (χ0n) is 9.74. The van der Waals surface area contributed by atoms with Crippen LogP contribution in [-0.2, 0) is 9.53 Å². The molecule has 15 heavy (non-hydrogen) atoms. The van der Waals surface area contributed by atoms with Crippen LogP contribution in [0.5, 0.6) is 0 Å². The molecule has 3 heteroatoms. The third-order valence-corrected chi connectivity index (χ3v) is 2.37. The van der Waals surface area contributed by atoms with Crippen molar-refractivity contribution >= 4 is 18.6 Å². The number of unbranched alkanes of at least 4 members (excludes halogenated alkanes) is 3. The molecular weight excluding hydrogens is 208 g/mol. The molecule has 1 atom stereocenters. The lowest BCUT2D eigenvalue weighted by molar-refractivity contribution is -0.142. The van der Waals surface area contributed by atoms with Crippen LogP contribution in [0.3, 0.4) is 0 Å². The molecule has 88 valence electrons. The van der Waals surface area contributed by atoms with Crippen LogP contribution in [0.25, 0.3) is 0 Å². The lowest BCUT2D eigenvalue weighted by atomic mass is 10.2. The van der Waals surface area contributed by atoms with Gasteiger partial charge >= 0.3 is 5.97 Å². The van der Waals surface area contributed by atoms with E-state index in [1.54, 1.807) is 0 Å². The van der Waals surface area contributed by atoms with Gasteiger partial charge in [-0.15, -0.1) is 0 Å². The monoisotopic (exact) mass is 230 g/mol. The Bertz CT molecular complexity index is 190. The van der Waals surface area contributed by atoms with Crippen LogP contribution < -0.4 is 0 Å². The van der Waals surface area contributed by atoms with E-state index in [0.29, 0.717) is 13.0 Å². The summed E-state index contributed by atoms with van der Waals surface area (Å²) in [5.74, 6) is -0.171. The van der Waals surface area contributed by atoms with Gasteiger partial charge in [0, 0.05) is 5.25 Å². The highest BCUT2D eigenvalue weighted by Gasteiger charge is 2.06. The second kappa shape index (κ2) is 10.1. The van der Waals surface area contributed by atoms with Crippen LogP contribution in [0.2, 0.25) is 0 Å². The van der Waals surface area contributed by atoms with Crippen molar-refractivity contribution in [2.45, 2.75) is 51.2 Å². The predicted molar refractivity (Wildman–Crippen MR) is 67.3 cm³/mol. The van der Waals surface area contributed by atoms with Gasteiger partial charge in [0.15, 0.2) is 0 Å². The number of thiol groups is 1. The normalized spacial score (nSPS) is 13.0. The zero-order valence-corrected chi connectivity index (χ0v) is 10.6. The highest BCUT2D eigenvalue weighted by atomic mass is 32.1. The third kappa shape index (κ3) is 9.85. The summed E-state index contributed by atoms with van der Waals surface area (Å²) in [6, 6.07) is 0. The molecule has 0 radical (unpaired) electrons. The van der Waals surface area contributed by atoms with Gasteiger partial charge in [-0.2, -0.15) is 12.6 Å². The van der Waals surface area contributed by atoms with Crippen molar-refractivity contribution in [3.8, 4) is 0 Å². The Hall–Kier alpha value is -0.440. The molecule has 0 aromatic heterocycles. The molecule has 0 heterocycles. The summed E-state index contributed by atoms with van der Waals surface area (Å²) in [5, 5.41) is -0.00863. The molecule has 0 spiro atoms. The van der Waals surface area contributed by atoms with Gasteiger partial charge < -0.3 is 4.74 Å². The van der Waals surface area contributed by atoms with Crippen molar-refractivity contribution in [1.82, 2.24) is 0 Å². The van der Waals surface area contributed by atoms with E-state index in [1.807, 2.05) is 13.0 Å². The van der Waals surface area contributed by atoms with Crippen molar-refractivity contribution in [3.05, 3.63) is 12.2 Å². The molecule has 0 saturated carbocycles. The van der Waals surface area contributed by atoms with E-state index in [-0.39, 0.29) is 11.2 Å². The molecule has 0 fully saturated rings. The van der Waals surface area contributed by atoms with Crippen LogP contribution in [0.1, 0.15) is 46.0 Å². The average molecular weight is 230 g/mol. The number of rotatable bonds is 8. The molecule has 0 aromatic rings. The summed E-state index contributed by atoms with van der Waals surface area (Å²) < 4.78 is 4.84. The number of hydrogen-bond donors (Lipinski definition) is 1. The van der Waals surface area contributed by atoms with Gasteiger partial charge in [-0.25, -0.2) is 0 Å². The number of hydrogen-bond acceptors (Lipinski definition) is 3. The second-order valence-corrected chi connectivity index (χ2v) is 4.16. The first-order chi connectivity index (χ1) is 7.20. The van der Waals surface area contributed by atoms with E-state index in [4.69, 9.17) is 4.74 Å². The summed E-state index contributed by atoms with van der Waals surface area (Å²) in [6.07, 6.45) is 9.24. The Labute approximate surface area is 98.5 Å². The molecule has 1 unspecified atom stereocenters. The van der Waals surface area contributed by atoms with Crippen LogP contribution in [0.4, 0.5) is 0 Å². The van der Waals surface area contributed by atoms with E-state index < -0.39 is 0 Å². The second-order valence-electron chi connectivity index (χ2n) is 3.50. The van der Waals surface area contributed by atoms with Crippen molar-refractivity contribution in [2.24, 2.45) is 0 Å². The minimum Gasteiger partial charge on any atom is -0.466 e. The highest BCUT2D eigenvalue weighted by Crippen LogP contribution is 2.07. The first-order valence-corrected chi connectivity index (χ1v) is 6.22. The largest absolute Gasteiger partial charge is 0.466 e. The number of carbonyl (C=O) groups excluding carboxylic acids is 1. The zero-order chi connectivity index (χ0) is 11.5. The third-order valence-electron chi connectivity index (χ3n) is 2.01. The van der Waals surface area contributed by atoms with Crippen LogP contribution in [-0.4, -0.2) is 17.8 Å². The Morgan fingerprint density at radius 1 is 1.40 bits per heavy atom. The van der Waals surface area contributed by atoms with Gasteiger partial charge in [0.2, 0.25) is 0 Å². The number of esters is 1. The van der Waals surface area contributed by atoms with E-state index >= 15 is 0 Å². The van der Waals surface area contributed by atoms with Crippen LogP contribution >= 0.6 is 12.6 Å². The molecule has 0 saturated heterocycles. The fourth-order valence-electron chi connectivity index (χ4n) is 1.22. The topological polar surface area (TPSA) is 26.3 Å². The maximum Gasteiger partial charge on any atom is 0.307 e. The van der Waals surface area contributed by atoms with Crippen molar-refractivity contribution < 1.29 is 9.53 Å². The lowest BCUT2D eigenvalue weighted by Crippen LogP contribution is -2.09. The first kappa shape index (κ1) is 14.6. The summed E-state index contributed by atoms with van der Waals surface area (Å²) in [4.78, 5) is 11.1. The van der Waals surface area contributed by atoms with Crippen molar-refractivity contribution in [1.29, 1.82) is 0 Å². The molecule has 0 amide bonds. The minimum absolute atomic E-state index is 0.00863. The van der Waals surface area contributed by atoms with E-state index in [2.05, 4.69) is 25.6 Å². The van der Waals surface area contributed by atoms with Crippen molar-refractivity contribution in [2.75, 3.05) is 6.61 Å². The maximum absolute atomic E-state index is 11.1. The predicted octanol–water partition coefficient (Wildman–Crippen LogP) is 3.37. The summed E-state index contributed by atoms with van der Waals surface area (Å²) in [7, 11) is 0. The lowest BCUT2D eigenvalue weighted by Gasteiger charge is -2.04. The van der Waals surface area contributed by atoms with E-state index in [0.717, 1.165) is 6.42 Å². The van der Waals surface area contributed by atoms with E-state index in [1.165, 1.54) is 19.3 Å². The van der Waals surface area contributed by atoms with Gasteiger partial charge in [0.05, 0.1) is 13.0 Å². The Kier molecular flexibility index (Phi) is 9.79. The number of carbonyl (C=O) groups is 1. The molecule has 0 rings (SSSR count). The Morgan fingerprint density at radius 2 is 2.13 bits per heavy atom. The molecule has 0 N–H and O–H groups in total. The van der Waals surface area contributed by atoms with E-state index in [9.17, 15) is 4.79 Å². The summed E-state index contributed by atoms with van der Waals surface area (Å²) >= 11 is 4.30. The minimum atomic E-state index is -0.171. The van der Waals surface area contributed by atoms with Crippen molar-refractivity contribution in [3.63, 3.8) is 0 Å². The molecular formula is C12H22O2S. The Balaban J connectivity index is 3.54. The standard InChI is InChI=1S/C12H22O2S/c1-3-5-6-7-8-9-11(15)10-12(13)14-4-2/h8-9,11,15H,3-7,10H2,1-2H3/b9-8+. The highest BCUT2D eigenvalue weighted by molar-refractivity contribution is 7.81. The van der Waals surface area contributed by atoms with Gasteiger partial charge in [-0.3, -0.25) is 4.79 Å². The Morgan fingerprint density at radius 3 is 2.73 bits per heavy atom. The fraction of sp³-hybridized carbons (Fsp3) is 0.750. The smallest absolute Gasteiger partial charge is 0.307 e. The SMILES string of the molecule is CCCCC/C=C/C(S)CC(=O)OCC. The molecule has 0 aliphatic heterocycles. The van der Waals surface area contributed by atoms with Gasteiger partial charge in [0.1, 0.15) is 0 Å². The van der Waals surface area contributed by atoms with Gasteiger partial charge in [-0.05, 0) is 19.8 Å². The molecule has 0 bridgehead atoms. The number of allylic oxidation sites excluding steroid dienone is 1. The maximum atomic E-state index is 11.1. The fourth-order valence-corrected chi connectivity index (χ4v) is 1.49. The summed E-state index contributed by atoms with van der Waals surface area (Å²) in [5.41, 5.74) is 0. The summed E-state index contributed by atoms with van der Waals surface area (Å²) in [6.45, 7) is 4.44. The average Bonchev–Trinajstić information content (AvgIpc) is 2.17. The van der Waals surface area contributed by atoms with Gasteiger partial charge in [0.25, 0.3) is 0 Å². The van der Waals surface area contributed by atoms with Crippen LogP contribution in [0, 0.1) is 0 Å². The number of ether oxygens (including phenoxy) is 1.